The number of benzene rings is 2. The summed E-state index contributed by atoms with van der Waals surface area (Å²) >= 11 is 5.87. The maximum atomic E-state index is 12.1. The van der Waals surface area contributed by atoms with Gasteiger partial charge in [-0.05, 0) is 34.7 Å². The van der Waals surface area contributed by atoms with Gasteiger partial charge in [-0.15, -0.1) is 0 Å². The Hall–Kier alpha value is -3.31. The van der Waals surface area contributed by atoms with Gasteiger partial charge in [0.2, 0.25) is 0 Å². The fourth-order valence-electron chi connectivity index (χ4n) is 3.71. The highest BCUT2D eigenvalue weighted by Gasteiger charge is 2.28. The van der Waals surface area contributed by atoms with Crippen LogP contribution in [0.3, 0.4) is 0 Å². The summed E-state index contributed by atoms with van der Waals surface area (Å²) in [5.41, 5.74) is 5.03. The number of H-pyrrole nitrogens is 1. The average Bonchev–Trinajstić information content (AvgIpc) is 3.08. The molecule has 3 aromatic rings. The fraction of sp³-hybridized carbons (Fsp3) is 0.167. The summed E-state index contributed by atoms with van der Waals surface area (Å²) in [6, 6.07) is 18.0. The van der Waals surface area contributed by atoms with Gasteiger partial charge in [-0.3, -0.25) is 4.79 Å². The molecule has 152 valence electrons. The molecule has 0 radical (unpaired) electrons. The van der Waals surface area contributed by atoms with Crippen molar-refractivity contribution in [1.82, 2.24) is 10.3 Å². The first-order valence-corrected chi connectivity index (χ1v) is 10.1. The number of carbonyl (C=O) groups excluding carboxylic acids is 1. The first kappa shape index (κ1) is 20.0. The molecular formula is C24H21ClN2O3. The number of carbonyl (C=O) groups is 1. The minimum atomic E-state index is -0.453. The van der Waals surface area contributed by atoms with Crippen LogP contribution in [0.2, 0.25) is 5.02 Å². The number of aromatic amines is 1. The summed E-state index contributed by atoms with van der Waals surface area (Å²) < 4.78 is 5.49. The third-order valence-corrected chi connectivity index (χ3v) is 5.34. The van der Waals surface area contributed by atoms with Crippen LogP contribution in [0.15, 0.2) is 71.7 Å². The van der Waals surface area contributed by atoms with Crippen LogP contribution >= 0.6 is 11.6 Å². The molecule has 5 nitrogen and oxygen atoms in total. The minimum Gasteiger partial charge on any atom is -0.449 e. The number of rotatable bonds is 6. The molecule has 1 aliphatic rings. The lowest BCUT2D eigenvalue weighted by Gasteiger charge is -2.14. The summed E-state index contributed by atoms with van der Waals surface area (Å²) in [6.45, 7) is 0.694. The summed E-state index contributed by atoms with van der Waals surface area (Å²) in [5.74, 6) is 0.0394. The molecule has 0 fully saturated rings. The Kier molecular flexibility index (Phi) is 6.00. The van der Waals surface area contributed by atoms with Crippen LogP contribution in [0.4, 0.5) is 4.79 Å². The van der Waals surface area contributed by atoms with Gasteiger partial charge in [-0.2, -0.15) is 0 Å². The van der Waals surface area contributed by atoms with E-state index in [1.807, 2.05) is 30.3 Å². The van der Waals surface area contributed by atoms with Crippen LogP contribution in [-0.2, 0) is 4.74 Å². The number of hydrogen-bond acceptors (Lipinski definition) is 3. The van der Waals surface area contributed by atoms with E-state index in [0.717, 1.165) is 0 Å². The number of amides is 1. The molecule has 0 spiro atoms. The van der Waals surface area contributed by atoms with Crippen molar-refractivity contribution in [2.24, 2.45) is 0 Å². The van der Waals surface area contributed by atoms with Crippen LogP contribution in [0.1, 0.15) is 29.0 Å². The van der Waals surface area contributed by atoms with E-state index < -0.39 is 6.09 Å². The van der Waals surface area contributed by atoms with E-state index in [-0.39, 0.29) is 18.1 Å². The topological polar surface area (TPSA) is 71.2 Å². The Labute approximate surface area is 179 Å². The highest BCUT2D eigenvalue weighted by Crippen LogP contribution is 2.44. The molecule has 30 heavy (non-hydrogen) atoms. The first-order chi connectivity index (χ1) is 14.6. The second-order valence-corrected chi connectivity index (χ2v) is 7.48. The standard InChI is InChI=1S/C24H21ClN2O3/c25-17-13-16(23(28)27-14-17)7-5-6-12-26-24(29)30-15-22-20-10-3-1-8-18(20)19-9-2-4-11-21(19)22/h1-5,7-11,13-14,22H,6,12,15H2,(H,26,29)(H,27,28). The van der Waals surface area contributed by atoms with Crippen LogP contribution in [-0.4, -0.2) is 24.2 Å². The molecule has 1 aliphatic carbocycles. The number of nitrogens with one attached hydrogen (secondary N) is 2. The molecule has 1 aromatic heterocycles. The van der Waals surface area contributed by atoms with Gasteiger partial charge < -0.3 is 15.0 Å². The summed E-state index contributed by atoms with van der Waals surface area (Å²) in [5, 5.41) is 3.21. The van der Waals surface area contributed by atoms with E-state index in [0.29, 0.717) is 23.6 Å². The molecule has 4 rings (SSSR count). The SMILES string of the molecule is O=C(NCCC=Cc1cc(Cl)c[nH]c1=O)OCC1c2ccccc2-c2ccccc21. The van der Waals surface area contributed by atoms with Gasteiger partial charge in [-0.25, -0.2) is 4.79 Å². The van der Waals surface area contributed by atoms with Crippen LogP contribution in [0.5, 0.6) is 0 Å². The molecule has 0 saturated heterocycles. The molecule has 2 aromatic carbocycles. The fourth-order valence-corrected chi connectivity index (χ4v) is 3.89. The van der Waals surface area contributed by atoms with Crippen molar-refractivity contribution in [2.45, 2.75) is 12.3 Å². The Balaban J connectivity index is 1.29. The quantitative estimate of drug-likeness (QED) is 0.553. The summed E-state index contributed by atoms with van der Waals surface area (Å²) in [6.07, 6.45) is 5.05. The highest BCUT2D eigenvalue weighted by molar-refractivity contribution is 6.30. The van der Waals surface area contributed by atoms with Gasteiger partial charge >= 0.3 is 6.09 Å². The number of alkyl carbamates (subject to hydrolysis) is 1. The molecule has 6 heteroatoms. The Morgan fingerprint density at radius 1 is 1.10 bits per heavy atom. The largest absolute Gasteiger partial charge is 0.449 e. The molecular weight excluding hydrogens is 400 g/mol. The average molecular weight is 421 g/mol. The highest BCUT2D eigenvalue weighted by atomic mass is 35.5. The van der Waals surface area contributed by atoms with Crippen molar-refractivity contribution in [1.29, 1.82) is 0 Å². The molecule has 0 aliphatic heterocycles. The predicted molar refractivity (Wildman–Crippen MR) is 119 cm³/mol. The lowest BCUT2D eigenvalue weighted by atomic mass is 9.98. The predicted octanol–water partition coefficient (Wildman–Crippen LogP) is 4.97. The lowest BCUT2D eigenvalue weighted by Crippen LogP contribution is -2.26. The van der Waals surface area contributed by atoms with Crippen molar-refractivity contribution < 1.29 is 9.53 Å². The number of aromatic nitrogens is 1. The number of ether oxygens (including phenoxy) is 1. The Morgan fingerprint density at radius 3 is 2.47 bits per heavy atom. The van der Waals surface area contributed by atoms with Crippen LogP contribution < -0.4 is 10.9 Å². The summed E-state index contributed by atoms with van der Waals surface area (Å²) in [4.78, 5) is 26.4. The van der Waals surface area contributed by atoms with E-state index >= 15 is 0 Å². The third kappa shape index (κ3) is 4.31. The zero-order valence-electron chi connectivity index (χ0n) is 16.2. The molecule has 1 heterocycles. The lowest BCUT2D eigenvalue weighted by molar-refractivity contribution is 0.143. The first-order valence-electron chi connectivity index (χ1n) is 9.77. The second kappa shape index (κ2) is 9.01. The van der Waals surface area contributed by atoms with Gasteiger partial charge in [0.25, 0.3) is 5.56 Å². The number of halogens is 1. The van der Waals surface area contributed by atoms with Crippen molar-refractivity contribution >= 4 is 23.8 Å². The number of fused-ring (bicyclic) bond motifs is 3. The Bertz CT molecular complexity index is 1110. The monoisotopic (exact) mass is 420 g/mol. The summed E-state index contributed by atoms with van der Waals surface area (Å²) in [7, 11) is 0. The molecule has 0 bridgehead atoms. The second-order valence-electron chi connectivity index (χ2n) is 7.05. The van der Waals surface area contributed by atoms with Gasteiger partial charge in [-0.1, -0.05) is 72.3 Å². The molecule has 2 N–H and O–H groups in total. The van der Waals surface area contributed by atoms with E-state index in [1.54, 1.807) is 12.1 Å². The maximum absolute atomic E-state index is 12.1. The van der Waals surface area contributed by atoms with E-state index in [1.165, 1.54) is 28.5 Å². The molecule has 0 unspecified atom stereocenters. The van der Waals surface area contributed by atoms with E-state index in [2.05, 4.69) is 34.6 Å². The van der Waals surface area contributed by atoms with Gasteiger partial charge in [0, 0.05) is 24.2 Å². The van der Waals surface area contributed by atoms with Crippen molar-refractivity contribution in [3.63, 3.8) is 0 Å². The molecule has 1 amide bonds. The van der Waals surface area contributed by atoms with E-state index in [9.17, 15) is 9.59 Å². The van der Waals surface area contributed by atoms with Crippen LogP contribution in [0.25, 0.3) is 17.2 Å². The van der Waals surface area contributed by atoms with Gasteiger partial charge in [0.15, 0.2) is 0 Å². The molecule has 0 atom stereocenters. The Morgan fingerprint density at radius 2 is 1.77 bits per heavy atom. The normalized spacial score (nSPS) is 12.6. The molecule has 0 saturated carbocycles. The van der Waals surface area contributed by atoms with Gasteiger partial charge in [0.05, 0.1) is 5.02 Å². The van der Waals surface area contributed by atoms with Crippen molar-refractivity contribution in [2.75, 3.05) is 13.2 Å². The van der Waals surface area contributed by atoms with Crippen molar-refractivity contribution in [3.8, 4) is 11.1 Å². The van der Waals surface area contributed by atoms with Crippen LogP contribution in [0, 0.1) is 0 Å². The minimum absolute atomic E-state index is 0.0394. The third-order valence-electron chi connectivity index (χ3n) is 5.12. The maximum Gasteiger partial charge on any atom is 0.407 e. The van der Waals surface area contributed by atoms with Gasteiger partial charge in [0.1, 0.15) is 6.61 Å². The van der Waals surface area contributed by atoms with Crippen molar-refractivity contribution in [3.05, 3.63) is 98.9 Å². The van der Waals surface area contributed by atoms with E-state index in [4.69, 9.17) is 16.3 Å². The number of hydrogen-bond donors (Lipinski definition) is 2. The smallest absolute Gasteiger partial charge is 0.407 e. The number of pyridine rings is 1. The zero-order valence-corrected chi connectivity index (χ0v) is 17.0. The zero-order chi connectivity index (χ0) is 20.9.